The van der Waals surface area contributed by atoms with E-state index in [-0.39, 0.29) is 5.91 Å². The molecule has 1 aromatic heterocycles. The number of rotatable bonds is 1. The summed E-state index contributed by atoms with van der Waals surface area (Å²) in [4.78, 5) is 14.4. The lowest BCUT2D eigenvalue weighted by Gasteiger charge is -2.36. The van der Waals surface area contributed by atoms with E-state index in [0.29, 0.717) is 12.1 Å². The van der Waals surface area contributed by atoms with Gasteiger partial charge in [-0.15, -0.1) is 0 Å². The minimum Gasteiger partial charge on any atom is -0.336 e. The number of amides is 1. The van der Waals surface area contributed by atoms with Gasteiger partial charge in [0.2, 0.25) is 0 Å². The van der Waals surface area contributed by atoms with Gasteiger partial charge in [-0.25, -0.2) is 0 Å². The minimum absolute atomic E-state index is 0.100. The molecule has 2 heterocycles. The second kappa shape index (κ2) is 4.66. The highest BCUT2D eigenvalue weighted by molar-refractivity contribution is 5.98. The van der Waals surface area contributed by atoms with E-state index in [1.54, 1.807) is 6.20 Å². The van der Waals surface area contributed by atoms with Gasteiger partial charge < -0.3 is 10.2 Å². The van der Waals surface area contributed by atoms with Crippen LogP contribution >= 0.6 is 0 Å². The molecule has 3 rings (SSSR count). The van der Waals surface area contributed by atoms with Crippen LogP contribution in [0.1, 0.15) is 24.2 Å². The molecule has 0 radical (unpaired) electrons. The first kappa shape index (κ1) is 12.2. The van der Waals surface area contributed by atoms with Crippen molar-refractivity contribution in [2.24, 2.45) is 0 Å². The third kappa shape index (κ3) is 2.33. The van der Waals surface area contributed by atoms with Crippen molar-refractivity contribution in [3.63, 3.8) is 0 Å². The Kier molecular flexibility index (Phi) is 2.98. The molecule has 2 aromatic rings. The zero-order valence-electron chi connectivity index (χ0n) is 11.2. The Morgan fingerprint density at radius 1 is 1.32 bits per heavy atom. The van der Waals surface area contributed by atoms with E-state index in [4.69, 9.17) is 0 Å². The number of carbonyl (C=O) groups is 1. The molecule has 1 aromatic carbocycles. The fraction of sp³-hybridized carbons (Fsp3) is 0.429. The fourth-order valence-electron chi connectivity index (χ4n) is 2.75. The maximum Gasteiger partial charge on any atom is 0.253 e. The minimum atomic E-state index is 0.100. The van der Waals surface area contributed by atoms with Crippen LogP contribution in [0.15, 0.2) is 24.4 Å². The van der Waals surface area contributed by atoms with Crippen molar-refractivity contribution in [1.29, 1.82) is 0 Å². The van der Waals surface area contributed by atoms with Gasteiger partial charge >= 0.3 is 0 Å². The monoisotopic (exact) mass is 258 g/mol. The number of nitrogens with zero attached hydrogens (tertiary/aromatic N) is 2. The Morgan fingerprint density at radius 2 is 2.05 bits per heavy atom. The maximum absolute atomic E-state index is 12.5. The lowest BCUT2D eigenvalue weighted by Crippen LogP contribution is -2.55. The number of H-pyrrole nitrogens is 1. The first-order valence-corrected chi connectivity index (χ1v) is 6.62. The smallest absolute Gasteiger partial charge is 0.253 e. The van der Waals surface area contributed by atoms with Crippen molar-refractivity contribution in [3.8, 4) is 0 Å². The van der Waals surface area contributed by atoms with Crippen LogP contribution in [-0.2, 0) is 0 Å². The Bertz CT molecular complexity index is 596. The summed E-state index contributed by atoms with van der Waals surface area (Å²) in [6, 6.07) is 6.35. The van der Waals surface area contributed by atoms with E-state index in [2.05, 4.69) is 29.4 Å². The summed E-state index contributed by atoms with van der Waals surface area (Å²) in [6.07, 6.45) is 1.75. The van der Waals surface area contributed by atoms with Crippen LogP contribution in [0.25, 0.3) is 10.9 Å². The standard InChI is InChI=1S/C14H18N4O/c1-9-7-18(8-10(2)16-9)14(19)11-3-4-13-12(5-11)6-15-17-13/h3-6,9-10,16H,7-8H2,1-2H3,(H,15,17). The molecule has 1 aliphatic rings. The van der Waals surface area contributed by atoms with Gasteiger partial charge in [-0.05, 0) is 32.0 Å². The number of nitrogens with one attached hydrogen (secondary N) is 2. The average molecular weight is 258 g/mol. The van der Waals surface area contributed by atoms with Crippen molar-refractivity contribution >= 4 is 16.8 Å². The summed E-state index contributed by atoms with van der Waals surface area (Å²) in [6.45, 7) is 5.73. The van der Waals surface area contributed by atoms with Crippen molar-refractivity contribution in [2.45, 2.75) is 25.9 Å². The van der Waals surface area contributed by atoms with Crippen molar-refractivity contribution < 1.29 is 4.79 Å². The normalized spacial score (nSPS) is 23.8. The molecule has 100 valence electrons. The number of hydrogen-bond acceptors (Lipinski definition) is 3. The Labute approximate surface area is 112 Å². The number of fused-ring (bicyclic) bond motifs is 1. The van der Waals surface area contributed by atoms with E-state index in [0.717, 1.165) is 29.6 Å². The lowest BCUT2D eigenvalue weighted by atomic mass is 10.1. The topological polar surface area (TPSA) is 61.0 Å². The molecule has 2 N–H and O–H groups in total. The highest BCUT2D eigenvalue weighted by Crippen LogP contribution is 2.16. The van der Waals surface area contributed by atoms with Crippen molar-refractivity contribution in [2.75, 3.05) is 13.1 Å². The molecule has 19 heavy (non-hydrogen) atoms. The molecule has 1 amide bonds. The van der Waals surface area contributed by atoms with Crippen LogP contribution in [0.4, 0.5) is 0 Å². The van der Waals surface area contributed by atoms with Crippen LogP contribution < -0.4 is 5.32 Å². The second-order valence-electron chi connectivity index (χ2n) is 5.35. The molecule has 2 unspecified atom stereocenters. The third-order valence-electron chi connectivity index (χ3n) is 3.53. The molecule has 5 nitrogen and oxygen atoms in total. The van der Waals surface area contributed by atoms with Crippen LogP contribution in [0.3, 0.4) is 0 Å². The number of hydrogen-bond donors (Lipinski definition) is 2. The van der Waals surface area contributed by atoms with E-state index in [1.807, 2.05) is 23.1 Å². The number of carbonyl (C=O) groups excluding carboxylic acids is 1. The molecule has 5 heteroatoms. The number of aromatic amines is 1. The molecule has 0 aliphatic carbocycles. The van der Waals surface area contributed by atoms with Gasteiger partial charge in [0.25, 0.3) is 5.91 Å². The largest absolute Gasteiger partial charge is 0.336 e. The van der Waals surface area contributed by atoms with E-state index < -0.39 is 0 Å². The summed E-state index contributed by atoms with van der Waals surface area (Å²) in [5.74, 6) is 0.100. The molecular weight excluding hydrogens is 240 g/mol. The van der Waals surface area contributed by atoms with Gasteiger partial charge in [0.1, 0.15) is 0 Å². The summed E-state index contributed by atoms with van der Waals surface area (Å²) in [7, 11) is 0. The molecule has 1 fully saturated rings. The predicted molar refractivity (Wildman–Crippen MR) is 74.1 cm³/mol. The quantitative estimate of drug-likeness (QED) is 0.812. The first-order chi connectivity index (χ1) is 9.13. The van der Waals surface area contributed by atoms with Crippen molar-refractivity contribution in [3.05, 3.63) is 30.0 Å². The molecule has 0 saturated carbocycles. The number of piperazine rings is 1. The average Bonchev–Trinajstić information content (AvgIpc) is 2.83. The van der Waals surface area contributed by atoms with Gasteiger partial charge in [0, 0.05) is 36.1 Å². The molecular formula is C14H18N4O. The summed E-state index contributed by atoms with van der Waals surface area (Å²) in [5.41, 5.74) is 1.69. The van der Waals surface area contributed by atoms with Gasteiger partial charge in [-0.3, -0.25) is 9.89 Å². The van der Waals surface area contributed by atoms with E-state index in [9.17, 15) is 4.79 Å². The van der Waals surface area contributed by atoms with E-state index in [1.165, 1.54) is 0 Å². The SMILES string of the molecule is CC1CN(C(=O)c2ccc3[nH]ncc3c2)CC(C)N1. The van der Waals surface area contributed by atoms with Gasteiger partial charge in [-0.1, -0.05) is 0 Å². The van der Waals surface area contributed by atoms with Gasteiger partial charge in [0.15, 0.2) is 0 Å². The van der Waals surface area contributed by atoms with Crippen LogP contribution in [0.2, 0.25) is 0 Å². The highest BCUT2D eigenvalue weighted by Gasteiger charge is 2.25. The van der Waals surface area contributed by atoms with Crippen LogP contribution in [0.5, 0.6) is 0 Å². The summed E-state index contributed by atoms with van der Waals surface area (Å²) in [5, 5.41) is 11.3. The van der Waals surface area contributed by atoms with Crippen molar-refractivity contribution in [1.82, 2.24) is 20.4 Å². The molecule has 0 spiro atoms. The predicted octanol–water partition coefficient (Wildman–Crippen LogP) is 1.39. The number of benzene rings is 1. The Hall–Kier alpha value is -1.88. The highest BCUT2D eigenvalue weighted by atomic mass is 16.2. The first-order valence-electron chi connectivity index (χ1n) is 6.62. The lowest BCUT2D eigenvalue weighted by molar-refractivity contribution is 0.0674. The molecule has 0 bridgehead atoms. The second-order valence-corrected chi connectivity index (χ2v) is 5.35. The van der Waals surface area contributed by atoms with Gasteiger partial charge in [0.05, 0.1) is 11.7 Å². The summed E-state index contributed by atoms with van der Waals surface area (Å²) >= 11 is 0. The fourth-order valence-corrected chi connectivity index (χ4v) is 2.75. The molecule has 1 aliphatic heterocycles. The Morgan fingerprint density at radius 3 is 2.79 bits per heavy atom. The van der Waals surface area contributed by atoms with Crippen LogP contribution in [-0.4, -0.2) is 46.2 Å². The molecule has 1 saturated heterocycles. The van der Waals surface area contributed by atoms with Crippen LogP contribution in [0, 0.1) is 0 Å². The van der Waals surface area contributed by atoms with Gasteiger partial charge in [-0.2, -0.15) is 5.10 Å². The zero-order chi connectivity index (χ0) is 13.4. The Balaban J connectivity index is 1.86. The third-order valence-corrected chi connectivity index (χ3v) is 3.53. The summed E-state index contributed by atoms with van der Waals surface area (Å²) < 4.78 is 0. The van der Waals surface area contributed by atoms with E-state index >= 15 is 0 Å². The number of aromatic nitrogens is 2. The maximum atomic E-state index is 12.5. The molecule has 2 atom stereocenters. The zero-order valence-corrected chi connectivity index (χ0v) is 11.2.